The Bertz CT molecular complexity index is 578. The molecule has 0 saturated carbocycles. The van der Waals surface area contributed by atoms with Crippen molar-refractivity contribution in [3.63, 3.8) is 0 Å². The predicted molar refractivity (Wildman–Crippen MR) is 97.1 cm³/mol. The number of anilines is 1. The molecule has 2 amide bonds. The van der Waals surface area contributed by atoms with Gasteiger partial charge < -0.3 is 15.5 Å². The lowest BCUT2D eigenvalue weighted by molar-refractivity contribution is -0.128. The molecule has 1 aromatic rings. The molecule has 5 nitrogen and oxygen atoms in total. The maximum atomic E-state index is 11.9. The number of carbonyl (C=O) groups excluding carboxylic acids is 2. The number of rotatable bonds is 6. The van der Waals surface area contributed by atoms with Crippen LogP contribution in [0.5, 0.6) is 0 Å². The second-order valence-corrected chi connectivity index (χ2v) is 7.33. The summed E-state index contributed by atoms with van der Waals surface area (Å²) in [6.07, 6.45) is 2.61. The molecule has 0 atom stereocenters. The summed E-state index contributed by atoms with van der Waals surface area (Å²) in [4.78, 5) is 25.9. The molecule has 2 N–H and O–H groups in total. The van der Waals surface area contributed by atoms with Crippen molar-refractivity contribution in [1.82, 2.24) is 10.6 Å². The Labute approximate surface area is 144 Å². The normalized spacial score (nSPS) is 14.0. The number of fused-ring (bicyclic) bond motifs is 1. The van der Waals surface area contributed by atoms with E-state index in [1.165, 1.54) is 11.3 Å². The van der Waals surface area contributed by atoms with Crippen LogP contribution in [0, 0.1) is 5.41 Å². The van der Waals surface area contributed by atoms with Crippen molar-refractivity contribution in [2.24, 2.45) is 5.41 Å². The summed E-state index contributed by atoms with van der Waals surface area (Å²) in [5.41, 5.74) is 2.26. The molecule has 0 unspecified atom stereocenters. The monoisotopic (exact) mass is 331 g/mol. The fourth-order valence-corrected chi connectivity index (χ4v) is 2.82. The summed E-state index contributed by atoms with van der Waals surface area (Å²) in [7, 11) is 0. The number of nitrogens with zero attached hydrogens (tertiary/aromatic N) is 1. The van der Waals surface area contributed by atoms with Gasteiger partial charge in [-0.25, -0.2) is 0 Å². The molecule has 24 heavy (non-hydrogen) atoms. The van der Waals surface area contributed by atoms with Gasteiger partial charge in [-0.1, -0.05) is 39.0 Å². The van der Waals surface area contributed by atoms with Gasteiger partial charge >= 0.3 is 0 Å². The van der Waals surface area contributed by atoms with Crippen LogP contribution in [0.2, 0.25) is 0 Å². The molecule has 0 fully saturated rings. The summed E-state index contributed by atoms with van der Waals surface area (Å²) in [6.45, 7) is 8.44. The highest BCUT2D eigenvalue weighted by molar-refractivity contribution is 5.82. The van der Waals surface area contributed by atoms with E-state index in [1.54, 1.807) is 0 Å². The first-order valence-electron chi connectivity index (χ1n) is 8.76. The lowest BCUT2D eigenvalue weighted by Gasteiger charge is -2.31. The van der Waals surface area contributed by atoms with Gasteiger partial charge in [0.1, 0.15) is 0 Å². The highest BCUT2D eigenvalue weighted by Crippen LogP contribution is 2.25. The van der Waals surface area contributed by atoms with E-state index < -0.39 is 5.41 Å². The Balaban J connectivity index is 1.68. The largest absolute Gasteiger partial charge is 0.370 e. The number of carbonyl (C=O) groups is 2. The van der Waals surface area contributed by atoms with Gasteiger partial charge in [-0.15, -0.1) is 0 Å². The first-order valence-corrected chi connectivity index (χ1v) is 8.76. The zero-order valence-electron chi connectivity index (χ0n) is 15.0. The highest BCUT2D eigenvalue weighted by atomic mass is 16.2. The van der Waals surface area contributed by atoms with Crippen molar-refractivity contribution in [1.29, 1.82) is 0 Å². The molecule has 2 rings (SSSR count). The fraction of sp³-hybridized carbons (Fsp3) is 0.579. The molecule has 1 aromatic carbocycles. The van der Waals surface area contributed by atoms with Gasteiger partial charge in [0, 0.05) is 43.7 Å². The van der Waals surface area contributed by atoms with E-state index in [0.29, 0.717) is 19.5 Å². The maximum Gasteiger partial charge on any atom is 0.225 e. The third-order valence-electron chi connectivity index (χ3n) is 4.23. The van der Waals surface area contributed by atoms with E-state index in [-0.39, 0.29) is 11.8 Å². The van der Waals surface area contributed by atoms with Crippen LogP contribution in [0.3, 0.4) is 0 Å². The Morgan fingerprint density at radius 3 is 2.62 bits per heavy atom. The summed E-state index contributed by atoms with van der Waals surface area (Å²) in [5.74, 6) is -0.0465. The minimum absolute atomic E-state index is 0.0190. The van der Waals surface area contributed by atoms with Gasteiger partial charge in [-0.2, -0.15) is 0 Å². The van der Waals surface area contributed by atoms with Gasteiger partial charge in [-0.05, 0) is 24.5 Å². The standard InChI is InChI=1S/C19H29N3O2/c1-19(2,3)18(24)21-11-10-17(23)20-12-14-22-13-6-8-15-7-4-5-9-16(15)22/h4-5,7,9H,6,8,10-14H2,1-3H3,(H,20,23)(H,21,24). The molecule has 0 bridgehead atoms. The Morgan fingerprint density at radius 1 is 1.12 bits per heavy atom. The van der Waals surface area contributed by atoms with E-state index in [9.17, 15) is 9.59 Å². The van der Waals surface area contributed by atoms with E-state index >= 15 is 0 Å². The molecule has 1 aliphatic heterocycles. The lowest BCUT2D eigenvalue weighted by atomic mass is 9.96. The van der Waals surface area contributed by atoms with Crippen molar-refractivity contribution in [2.75, 3.05) is 31.1 Å². The molecular formula is C19H29N3O2. The molecule has 1 heterocycles. The van der Waals surface area contributed by atoms with Crippen LogP contribution in [0.15, 0.2) is 24.3 Å². The van der Waals surface area contributed by atoms with E-state index in [1.807, 2.05) is 20.8 Å². The van der Waals surface area contributed by atoms with Crippen LogP contribution in [-0.4, -0.2) is 38.0 Å². The average Bonchev–Trinajstić information content (AvgIpc) is 2.54. The summed E-state index contributed by atoms with van der Waals surface area (Å²) < 4.78 is 0. The molecule has 0 radical (unpaired) electrons. The number of hydrogen-bond donors (Lipinski definition) is 2. The van der Waals surface area contributed by atoms with Gasteiger partial charge in [0.05, 0.1) is 0 Å². The van der Waals surface area contributed by atoms with E-state index in [2.05, 4.69) is 39.8 Å². The zero-order chi connectivity index (χ0) is 17.6. The van der Waals surface area contributed by atoms with Crippen molar-refractivity contribution in [2.45, 2.75) is 40.0 Å². The lowest BCUT2D eigenvalue weighted by Crippen LogP contribution is -2.39. The van der Waals surface area contributed by atoms with Crippen LogP contribution < -0.4 is 15.5 Å². The maximum absolute atomic E-state index is 11.9. The number of amides is 2. The third-order valence-corrected chi connectivity index (χ3v) is 4.23. The van der Waals surface area contributed by atoms with Crippen LogP contribution in [0.1, 0.15) is 39.2 Å². The number of aryl methyl sites for hydroxylation is 1. The number of benzene rings is 1. The predicted octanol–water partition coefficient (Wildman–Crippen LogP) is 2.11. The van der Waals surface area contributed by atoms with Crippen LogP contribution >= 0.6 is 0 Å². The minimum atomic E-state index is -0.419. The van der Waals surface area contributed by atoms with E-state index in [4.69, 9.17) is 0 Å². The van der Waals surface area contributed by atoms with Gasteiger partial charge in [-0.3, -0.25) is 9.59 Å². The number of nitrogens with one attached hydrogen (secondary N) is 2. The van der Waals surface area contributed by atoms with Crippen LogP contribution in [0.4, 0.5) is 5.69 Å². The first kappa shape index (κ1) is 18.3. The Morgan fingerprint density at radius 2 is 1.88 bits per heavy atom. The molecule has 1 aliphatic rings. The fourth-order valence-electron chi connectivity index (χ4n) is 2.82. The van der Waals surface area contributed by atoms with E-state index in [0.717, 1.165) is 25.9 Å². The van der Waals surface area contributed by atoms with Crippen molar-refractivity contribution >= 4 is 17.5 Å². The molecule has 5 heteroatoms. The summed E-state index contributed by atoms with van der Waals surface area (Å²) in [5, 5.41) is 5.74. The van der Waals surface area contributed by atoms with Gasteiger partial charge in [0.25, 0.3) is 0 Å². The molecule has 0 spiro atoms. The summed E-state index contributed by atoms with van der Waals surface area (Å²) in [6, 6.07) is 8.47. The van der Waals surface area contributed by atoms with Crippen LogP contribution in [0.25, 0.3) is 0 Å². The zero-order valence-corrected chi connectivity index (χ0v) is 15.0. The Hall–Kier alpha value is -2.04. The Kier molecular flexibility index (Phi) is 6.23. The second kappa shape index (κ2) is 8.18. The first-order chi connectivity index (χ1) is 11.4. The molecular weight excluding hydrogens is 302 g/mol. The van der Waals surface area contributed by atoms with Crippen molar-refractivity contribution in [3.05, 3.63) is 29.8 Å². The second-order valence-electron chi connectivity index (χ2n) is 7.33. The number of hydrogen-bond acceptors (Lipinski definition) is 3. The molecule has 132 valence electrons. The molecule has 0 aliphatic carbocycles. The van der Waals surface area contributed by atoms with Crippen molar-refractivity contribution in [3.8, 4) is 0 Å². The minimum Gasteiger partial charge on any atom is -0.370 e. The smallest absolute Gasteiger partial charge is 0.225 e. The molecule has 0 aromatic heterocycles. The quantitative estimate of drug-likeness (QED) is 0.839. The van der Waals surface area contributed by atoms with Crippen molar-refractivity contribution < 1.29 is 9.59 Å². The topological polar surface area (TPSA) is 61.4 Å². The van der Waals surface area contributed by atoms with Crippen LogP contribution in [-0.2, 0) is 16.0 Å². The molecule has 0 saturated heterocycles. The van der Waals surface area contributed by atoms with Gasteiger partial charge in [0.15, 0.2) is 0 Å². The SMILES string of the molecule is CC(C)(C)C(=O)NCCC(=O)NCCN1CCCc2ccccc21. The number of para-hydroxylation sites is 1. The summed E-state index contributed by atoms with van der Waals surface area (Å²) >= 11 is 0. The average molecular weight is 331 g/mol. The third kappa shape index (κ3) is 5.25. The highest BCUT2D eigenvalue weighted by Gasteiger charge is 2.20. The van der Waals surface area contributed by atoms with Gasteiger partial charge in [0.2, 0.25) is 11.8 Å².